The summed E-state index contributed by atoms with van der Waals surface area (Å²) in [5, 5.41) is 10.7. The van der Waals surface area contributed by atoms with Crippen LogP contribution in [0.4, 0.5) is 0 Å². The number of carbonyl (C=O) groups excluding carboxylic acids is 3. The zero-order valence-electron chi connectivity index (χ0n) is 17.3. The number of epoxide rings is 1. The molecule has 1 N–H and O–H groups in total. The van der Waals surface area contributed by atoms with E-state index in [1.54, 1.807) is 13.0 Å². The molecule has 1 spiro atoms. The van der Waals surface area contributed by atoms with Crippen molar-refractivity contribution in [3.8, 4) is 0 Å². The Balaban J connectivity index is 1.61. The van der Waals surface area contributed by atoms with Crippen molar-refractivity contribution in [1.29, 1.82) is 0 Å². The maximum Gasteiger partial charge on any atom is 0.334 e. The molecule has 0 radical (unpaired) electrons. The van der Waals surface area contributed by atoms with E-state index in [9.17, 15) is 19.5 Å². The SMILES string of the molecule is C=C1C(=O)O[C@@H]2[C@@H]3C(C)=C[C@H](O)[C@H]3[C@]3(CO3)C[C@@H](OC(=O)/C(C)=C\COC(C)=O)[C@@H]12. The molecule has 2 heterocycles. The smallest absolute Gasteiger partial charge is 0.334 e. The average molecular weight is 418 g/mol. The van der Waals surface area contributed by atoms with Gasteiger partial charge in [-0.1, -0.05) is 18.2 Å². The minimum Gasteiger partial charge on any atom is -0.462 e. The first-order valence-electron chi connectivity index (χ1n) is 10.1. The van der Waals surface area contributed by atoms with E-state index in [-0.39, 0.29) is 29.6 Å². The first-order chi connectivity index (χ1) is 14.1. The summed E-state index contributed by atoms with van der Waals surface area (Å²) in [6, 6.07) is 0. The third-order valence-electron chi connectivity index (χ3n) is 6.66. The summed E-state index contributed by atoms with van der Waals surface area (Å²) in [5.74, 6) is -2.54. The van der Waals surface area contributed by atoms with Gasteiger partial charge in [-0.25, -0.2) is 9.59 Å². The zero-order valence-corrected chi connectivity index (χ0v) is 17.3. The van der Waals surface area contributed by atoms with Gasteiger partial charge in [0.25, 0.3) is 0 Å². The molecule has 0 unspecified atom stereocenters. The number of aliphatic hydroxyl groups is 1. The van der Waals surface area contributed by atoms with Crippen LogP contribution in [0.3, 0.4) is 0 Å². The van der Waals surface area contributed by atoms with Crippen molar-refractivity contribution < 1.29 is 38.4 Å². The van der Waals surface area contributed by atoms with Crippen molar-refractivity contribution in [2.24, 2.45) is 17.8 Å². The Labute approximate surface area is 174 Å². The lowest BCUT2D eigenvalue weighted by atomic mass is 9.77. The second-order valence-electron chi connectivity index (χ2n) is 8.56. The largest absolute Gasteiger partial charge is 0.462 e. The monoisotopic (exact) mass is 418 g/mol. The predicted molar refractivity (Wildman–Crippen MR) is 103 cm³/mol. The van der Waals surface area contributed by atoms with Gasteiger partial charge >= 0.3 is 17.9 Å². The van der Waals surface area contributed by atoms with E-state index < -0.39 is 47.7 Å². The molecule has 0 amide bonds. The highest BCUT2D eigenvalue weighted by Crippen LogP contribution is 2.58. The number of ether oxygens (including phenoxy) is 4. The van der Waals surface area contributed by atoms with Crippen LogP contribution in [0.15, 0.2) is 35.5 Å². The average Bonchev–Trinajstić information content (AvgIpc) is 3.30. The van der Waals surface area contributed by atoms with Crippen molar-refractivity contribution >= 4 is 17.9 Å². The summed E-state index contributed by atoms with van der Waals surface area (Å²) in [6.45, 7) is 9.07. The molecule has 4 aliphatic rings. The van der Waals surface area contributed by atoms with E-state index in [1.165, 1.54) is 13.0 Å². The first-order valence-corrected chi connectivity index (χ1v) is 10.1. The maximum absolute atomic E-state index is 12.7. The highest BCUT2D eigenvalue weighted by molar-refractivity contribution is 5.92. The van der Waals surface area contributed by atoms with Gasteiger partial charge in [-0.3, -0.25) is 4.79 Å². The van der Waals surface area contributed by atoms with E-state index in [0.29, 0.717) is 13.0 Å². The Morgan fingerprint density at radius 2 is 2.07 bits per heavy atom. The van der Waals surface area contributed by atoms with Crippen LogP contribution in [0, 0.1) is 17.8 Å². The van der Waals surface area contributed by atoms with E-state index in [0.717, 1.165) is 5.57 Å². The molecule has 7 atom stereocenters. The van der Waals surface area contributed by atoms with Crippen molar-refractivity contribution in [2.75, 3.05) is 13.2 Å². The lowest BCUT2D eigenvalue weighted by molar-refractivity contribution is -0.149. The molecule has 2 aliphatic carbocycles. The molecule has 1 saturated carbocycles. The van der Waals surface area contributed by atoms with Gasteiger partial charge in [-0.15, -0.1) is 0 Å². The minimum absolute atomic E-state index is 0.0331. The Kier molecular flexibility index (Phi) is 5.10. The fraction of sp³-hybridized carbons (Fsp3) is 0.591. The minimum atomic E-state index is -0.717. The van der Waals surface area contributed by atoms with Crippen LogP contribution in [0.5, 0.6) is 0 Å². The van der Waals surface area contributed by atoms with Gasteiger partial charge in [0.2, 0.25) is 0 Å². The molecule has 0 aromatic heterocycles. The zero-order chi connectivity index (χ0) is 21.8. The standard InChI is InChI=1S/C22H26O8/c1-10(5-6-27-13(4)23)20(25)29-15-8-22(9-28-22)18-14(24)7-11(2)16(18)19-17(15)12(3)21(26)30-19/h5,7,14-19,24H,3,6,8-9H2,1-2,4H3/b10-5-/t14-,15+,16+,17+,18+,19+,22+/m0/s1. The second kappa shape index (κ2) is 7.35. The van der Waals surface area contributed by atoms with Crippen LogP contribution < -0.4 is 0 Å². The van der Waals surface area contributed by atoms with Crippen LogP contribution in [0.2, 0.25) is 0 Å². The Morgan fingerprint density at radius 3 is 2.70 bits per heavy atom. The van der Waals surface area contributed by atoms with Crippen molar-refractivity contribution in [3.05, 3.63) is 35.5 Å². The van der Waals surface area contributed by atoms with Gasteiger partial charge in [0.15, 0.2) is 0 Å². The lowest BCUT2D eigenvalue weighted by Crippen LogP contribution is -2.39. The number of esters is 3. The van der Waals surface area contributed by atoms with Gasteiger partial charge in [0.1, 0.15) is 24.4 Å². The van der Waals surface area contributed by atoms with Crippen LogP contribution in [0.1, 0.15) is 27.2 Å². The third kappa shape index (κ3) is 3.37. The van der Waals surface area contributed by atoms with Gasteiger partial charge < -0.3 is 24.1 Å². The number of hydrogen-bond acceptors (Lipinski definition) is 8. The Morgan fingerprint density at radius 1 is 1.37 bits per heavy atom. The summed E-state index contributed by atoms with van der Waals surface area (Å²) >= 11 is 0. The normalized spacial score (nSPS) is 39.6. The van der Waals surface area contributed by atoms with Crippen molar-refractivity contribution in [2.45, 2.75) is 51.1 Å². The van der Waals surface area contributed by atoms with Crippen LogP contribution in [-0.2, 0) is 33.3 Å². The van der Waals surface area contributed by atoms with Crippen molar-refractivity contribution in [1.82, 2.24) is 0 Å². The van der Waals surface area contributed by atoms with Crippen LogP contribution in [0.25, 0.3) is 0 Å². The molecule has 0 aromatic rings. The number of carbonyl (C=O) groups is 3. The fourth-order valence-electron chi connectivity index (χ4n) is 5.14. The molecular weight excluding hydrogens is 392 g/mol. The summed E-state index contributed by atoms with van der Waals surface area (Å²) in [6.07, 6.45) is 1.62. The van der Waals surface area contributed by atoms with E-state index in [2.05, 4.69) is 6.58 Å². The highest BCUT2D eigenvalue weighted by Gasteiger charge is 2.67. The second-order valence-corrected chi connectivity index (χ2v) is 8.56. The number of fused-ring (bicyclic) bond motifs is 4. The summed E-state index contributed by atoms with van der Waals surface area (Å²) in [7, 11) is 0. The maximum atomic E-state index is 12.7. The Hall–Kier alpha value is -2.45. The van der Waals surface area contributed by atoms with Gasteiger partial charge in [-0.2, -0.15) is 0 Å². The van der Waals surface area contributed by atoms with E-state index >= 15 is 0 Å². The van der Waals surface area contributed by atoms with Gasteiger partial charge in [0, 0.05) is 36.3 Å². The molecule has 3 fully saturated rings. The molecule has 8 nitrogen and oxygen atoms in total. The van der Waals surface area contributed by atoms with E-state index in [4.69, 9.17) is 18.9 Å². The molecule has 2 saturated heterocycles. The van der Waals surface area contributed by atoms with Crippen LogP contribution in [-0.4, -0.2) is 60.1 Å². The van der Waals surface area contributed by atoms with Crippen LogP contribution >= 0.6 is 0 Å². The predicted octanol–water partition coefficient (Wildman–Crippen LogP) is 1.23. The molecule has 30 heavy (non-hydrogen) atoms. The van der Waals surface area contributed by atoms with E-state index in [1.807, 2.05) is 6.92 Å². The Bertz CT molecular complexity index is 864. The van der Waals surface area contributed by atoms with Gasteiger partial charge in [0.05, 0.1) is 18.6 Å². The topological polar surface area (TPSA) is 112 Å². The molecular formula is C22H26O8. The summed E-state index contributed by atoms with van der Waals surface area (Å²) in [5.41, 5.74) is 0.861. The summed E-state index contributed by atoms with van der Waals surface area (Å²) < 4.78 is 22.1. The molecule has 2 aliphatic heterocycles. The first kappa shape index (κ1) is 20.8. The summed E-state index contributed by atoms with van der Waals surface area (Å²) in [4.78, 5) is 35.9. The lowest BCUT2D eigenvalue weighted by Gasteiger charge is -2.30. The fourth-order valence-corrected chi connectivity index (χ4v) is 5.14. The highest BCUT2D eigenvalue weighted by atomic mass is 16.6. The molecule has 162 valence electrons. The molecule has 8 heteroatoms. The number of rotatable bonds is 4. The van der Waals surface area contributed by atoms with Gasteiger partial charge in [-0.05, 0) is 19.9 Å². The molecule has 4 rings (SSSR count). The number of aliphatic hydroxyl groups excluding tert-OH is 1. The quantitative estimate of drug-likeness (QED) is 0.239. The third-order valence-corrected chi connectivity index (χ3v) is 6.66. The molecule has 0 aromatic carbocycles. The molecule has 0 bridgehead atoms. The number of hydrogen-bond donors (Lipinski definition) is 1. The van der Waals surface area contributed by atoms with Crippen molar-refractivity contribution in [3.63, 3.8) is 0 Å².